The lowest BCUT2D eigenvalue weighted by Crippen LogP contribution is -2.35. The minimum Gasteiger partial charge on any atom is -0.489 e. The molecule has 1 aromatic rings. The molecule has 1 saturated heterocycles. The van der Waals surface area contributed by atoms with Gasteiger partial charge >= 0.3 is 5.97 Å². The predicted octanol–water partition coefficient (Wildman–Crippen LogP) is 2.21. The predicted molar refractivity (Wildman–Crippen MR) is 93.0 cm³/mol. The minimum atomic E-state index is -0.687. The highest BCUT2D eigenvalue weighted by Crippen LogP contribution is 2.38. The van der Waals surface area contributed by atoms with Gasteiger partial charge in [-0.05, 0) is 30.2 Å². The Bertz CT molecular complexity index is 760. The zero-order valence-corrected chi connectivity index (χ0v) is 14.8. The second-order valence-corrected chi connectivity index (χ2v) is 6.27. The summed E-state index contributed by atoms with van der Waals surface area (Å²) in [6.07, 6.45) is 4.45. The van der Waals surface area contributed by atoms with Crippen molar-refractivity contribution in [3.05, 3.63) is 28.8 Å². The molecule has 2 heterocycles. The summed E-state index contributed by atoms with van der Waals surface area (Å²) in [5.74, 6) is -0.417. The van der Waals surface area contributed by atoms with Crippen LogP contribution in [-0.2, 0) is 19.1 Å². The zero-order valence-electron chi connectivity index (χ0n) is 14.0. The van der Waals surface area contributed by atoms with E-state index in [1.807, 2.05) is 0 Å². The summed E-state index contributed by atoms with van der Waals surface area (Å²) in [6.45, 7) is 0.967. The van der Waals surface area contributed by atoms with Gasteiger partial charge < -0.3 is 14.2 Å². The Balaban J connectivity index is 1.58. The fraction of sp³-hybridized carbons (Fsp3) is 0.389. The molecule has 8 heteroatoms. The number of amides is 2. The third kappa shape index (κ3) is 4.35. The average Bonchev–Trinajstić information content (AvgIpc) is 2.90. The van der Waals surface area contributed by atoms with E-state index in [2.05, 4.69) is 0 Å². The van der Waals surface area contributed by atoms with Crippen molar-refractivity contribution in [2.45, 2.75) is 19.3 Å². The maximum absolute atomic E-state index is 11.8. The molecule has 7 nitrogen and oxygen atoms in total. The molecular weight excluding hydrogens is 362 g/mol. The molecule has 138 valence electrons. The molecule has 0 spiro atoms. The van der Waals surface area contributed by atoms with E-state index in [0.717, 1.165) is 11.3 Å². The summed E-state index contributed by atoms with van der Waals surface area (Å²) >= 11 is 6.19. The monoisotopic (exact) mass is 379 g/mol. The second kappa shape index (κ2) is 8.23. The second-order valence-electron chi connectivity index (χ2n) is 5.86. The van der Waals surface area contributed by atoms with Crippen LogP contribution in [0.3, 0.4) is 0 Å². The molecule has 1 fully saturated rings. The van der Waals surface area contributed by atoms with Gasteiger partial charge in [0.05, 0.1) is 18.2 Å². The maximum atomic E-state index is 11.8. The van der Waals surface area contributed by atoms with Crippen LogP contribution in [0, 0.1) is 0 Å². The Labute approximate surface area is 155 Å². The lowest BCUT2D eigenvalue weighted by molar-refractivity contribution is -0.151. The van der Waals surface area contributed by atoms with Crippen LogP contribution in [0.2, 0.25) is 5.02 Å². The SMILES string of the molecule is O=C(/C=C/c1cc(Cl)c2c(c1)OCCCO2)OCC(=O)N1CCCC1=O. The molecule has 0 aromatic heterocycles. The Morgan fingerprint density at radius 3 is 2.81 bits per heavy atom. The van der Waals surface area contributed by atoms with Crippen LogP contribution in [0.25, 0.3) is 6.08 Å². The number of benzene rings is 1. The molecule has 3 rings (SSSR count). The number of imide groups is 1. The zero-order chi connectivity index (χ0) is 18.5. The Kier molecular flexibility index (Phi) is 5.78. The lowest BCUT2D eigenvalue weighted by atomic mass is 10.2. The fourth-order valence-electron chi connectivity index (χ4n) is 2.68. The number of esters is 1. The molecule has 0 unspecified atom stereocenters. The van der Waals surface area contributed by atoms with Gasteiger partial charge in [0.15, 0.2) is 18.1 Å². The van der Waals surface area contributed by atoms with Crippen molar-refractivity contribution < 1.29 is 28.6 Å². The van der Waals surface area contributed by atoms with E-state index in [4.69, 9.17) is 25.8 Å². The number of ether oxygens (including phenoxy) is 3. The highest BCUT2D eigenvalue weighted by molar-refractivity contribution is 6.32. The van der Waals surface area contributed by atoms with Crippen LogP contribution in [0.1, 0.15) is 24.8 Å². The van der Waals surface area contributed by atoms with Gasteiger partial charge in [0.2, 0.25) is 5.91 Å². The van der Waals surface area contributed by atoms with Gasteiger partial charge in [-0.1, -0.05) is 11.6 Å². The summed E-state index contributed by atoms with van der Waals surface area (Å²) in [5.41, 5.74) is 0.636. The molecule has 0 bridgehead atoms. The van der Waals surface area contributed by atoms with Crippen LogP contribution >= 0.6 is 11.6 Å². The van der Waals surface area contributed by atoms with E-state index in [9.17, 15) is 14.4 Å². The highest BCUT2D eigenvalue weighted by atomic mass is 35.5. The van der Waals surface area contributed by atoms with Crippen LogP contribution in [0.15, 0.2) is 18.2 Å². The number of carbonyl (C=O) groups excluding carboxylic acids is 3. The smallest absolute Gasteiger partial charge is 0.331 e. The number of likely N-dealkylation sites (tertiary alicyclic amines) is 1. The van der Waals surface area contributed by atoms with E-state index < -0.39 is 18.5 Å². The molecule has 2 aliphatic heterocycles. The first kappa shape index (κ1) is 18.3. The largest absolute Gasteiger partial charge is 0.489 e. The van der Waals surface area contributed by atoms with E-state index >= 15 is 0 Å². The molecule has 0 atom stereocenters. The summed E-state index contributed by atoms with van der Waals surface area (Å²) < 4.78 is 16.0. The quantitative estimate of drug-likeness (QED) is 0.589. The molecule has 2 amide bonds. The minimum absolute atomic E-state index is 0.233. The van der Waals surface area contributed by atoms with Gasteiger partial charge in [-0.25, -0.2) is 4.79 Å². The molecule has 0 aliphatic carbocycles. The molecule has 0 radical (unpaired) electrons. The number of nitrogens with zero attached hydrogens (tertiary/aromatic N) is 1. The van der Waals surface area contributed by atoms with Crippen molar-refractivity contribution in [1.29, 1.82) is 0 Å². The Hall–Kier alpha value is -2.54. The number of hydrogen-bond donors (Lipinski definition) is 0. The van der Waals surface area contributed by atoms with Crippen LogP contribution in [-0.4, -0.2) is 49.0 Å². The molecule has 1 aromatic carbocycles. The van der Waals surface area contributed by atoms with Gasteiger partial charge in [-0.3, -0.25) is 14.5 Å². The van der Waals surface area contributed by atoms with Gasteiger partial charge in [0.25, 0.3) is 5.91 Å². The summed E-state index contributed by atoms with van der Waals surface area (Å²) in [6, 6.07) is 3.36. The van der Waals surface area contributed by atoms with Gasteiger partial charge in [-0.15, -0.1) is 0 Å². The van der Waals surface area contributed by atoms with Crippen molar-refractivity contribution in [3.63, 3.8) is 0 Å². The van der Waals surface area contributed by atoms with Crippen molar-refractivity contribution in [3.8, 4) is 11.5 Å². The third-order valence-electron chi connectivity index (χ3n) is 3.95. The maximum Gasteiger partial charge on any atom is 0.331 e. The Morgan fingerprint density at radius 2 is 2.04 bits per heavy atom. The van der Waals surface area contributed by atoms with Crippen LogP contribution < -0.4 is 9.47 Å². The first-order valence-electron chi connectivity index (χ1n) is 8.32. The lowest BCUT2D eigenvalue weighted by Gasteiger charge is -2.12. The van der Waals surface area contributed by atoms with E-state index in [1.54, 1.807) is 12.1 Å². The summed E-state index contributed by atoms with van der Waals surface area (Å²) in [5, 5.41) is 0.389. The van der Waals surface area contributed by atoms with Gasteiger partial charge in [-0.2, -0.15) is 0 Å². The van der Waals surface area contributed by atoms with Gasteiger partial charge in [0, 0.05) is 25.5 Å². The topological polar surface area (TPSA) is 82.1 Å². The third-order valence-corrected chi connectivity index (χ3v) is 4.23. The van der Waals surface area contributed by atoms with Crippen molar-refractivity contribution >= 4 is 35.5 Å². The highest BCUT2D eigenvalue weighted by Gasteiger charge is 2.26. The van der Waals surface area contributed by atoms with Gasteiger partial charge in [0.1, 0.15) is 0 Å². The Morgan fingerprint density at radius 1 is 1.23 bits per heavy atom. The number of fused-ring (bicyclic) bond motifs is 1. The first-order valence-corrected chi connectivity index (χ1v) is 8.69. The van der Waals surface area contributed by atoms with E-state index in [1.165, 1.54) is 12.2 Å². The number of hydrogen-bond acceptors (Lipinski definition) is 6. The molecular formula is C18H18ClNO6. The number of carbonyl (C=O) groups is 3. The van der Waals surface area contributed by atoms with E-state index in [-0.39, 0.29) is 5.91 Å². The molecule has 2 aliphatic rings. The normalized spacial score (nSPS) is 16.7. The molecule has 26 heavy (non-hydrogen) atoms. The van der Waals surface area contributed by atoms with Crippen LogP contribution in [0.5, 0.6) is 11.5 Å². The summed E-state index contributed by atoms with van der Waals surface area (Å²) in [4.78, 5) is 36.2. The van der Waals surface area contributed by atoms with Crippen LogP contribution in [0.4, 0.5) is 0 Å². The fourth-order valence-corrected chi connectivity index (χ4v) is 2.96. The number of halogens is 1. The standard InChI is InChI=1S/C18H18ClNO6/c19-13-9-12(10-14-18(13)25-8-2-7-24-14)4-5-17(23)26-11-16(22)20-6-1-3-15(20)21/h4-5,9-10H,1-3,6-8,11H2/b5-4+. The number of rotatable bonds is 4. The van der Waals surface area contributed by atoms with E-state index in [0.29, 0.717) is 54.7 Å². The average molecular weight is 380 g/mol. The van der Waals surface area contributed by atoms with Crippen molar-refractivity contribution in [2.75, 3.05) is 26.4 Å². The summed E-state index contributed by atoms with van der Waals surface area (Å²) in [7, 11) is 0. The first-order chi connectivity index (χ1) is 12.5. The molecule has 0 N–H and O–H groups in total. The van der Waals surface area contributed by atoms with Crippen molar-refractivity contribution in [1.82, 2.24) is 4.90 Å². The molecule has 0 saturated carbocycles. The van der Waals surface area contributed by atoms with Crippen molar-refractivity contribution in [2.24, 2.45) is 0 Å².